The fraction of sp³-hybridized carbons (Fsp3) is 0.278. The zero-order valence-corrected chi connectivity index (χ0v) is 18.9. The maximum Gasteiger partial charge on any atom is 0.430 e. The van der Waals surface area contributed by atoms with E-state index in [9.17, 15) is 31.1 Å². The number of ether oxygens (including phenoxy) is 1. The summed E-state index contributed by atoms with van der Waals surface area (Å²) in [6, 6.07) is 7.61. The lowest BCUT2D eigenvalue weighted by Crippen LogP contribution is -2.55. The molecule has 0 saturated carbocycles. The predicted octanol–water partition coefficient (Wildman–Crippen LogP) is 5.87. The van der Waals surface area contributed by atoms with Gasteiger partial charge in [0.25, 0.3) is 5.60 Å². The number of alkyl halides is 6. The molecule has 0 fully saturated rings. The van der Waals surface area contributed by atoms with Crippen LogP contribution in [-0.2, 0) is 16.8 Å². The maximum absolute atomic E-state index is 13.5. The zero-order chi connectivity index (χ0) is 22.2. The highest BCUT2D eigenvalue weighted by molar-refractivity contribution is 14.1. The van der Waals surface area contributed by atoms with Crippen LogP contribution in [-0.4, -0.2) is 25.2 Å². The van der Waals surface area contributed by atoms with Crippen molar-refractivity contribution in [2.24, 2.45) is 0 Å². The molecule has 0 aliphatic carbocycles. The fourth-order valence-corrected chi connectivity index (χ4v) is 4.94. The number of ketones is 1. The molecule has 11 heteroatoms. The van der Waals surface area contributed by atoms with Gasteiger partial charge in [0.15, 0.2) is 5.78 Å². The molecule has 158 valence electrons. The van der Waals surface area contributed by atoms with Gasteiger partial charge in [0.1, 0.15) is 0 Å². The van der Waals surface area contributed by atoms with E-state index in [0.29, 0.717) is 18.4 Å². The van der Waals surface area contributed by atoms with Crippen molar-refractivity contribution < 1.29 is 35.9 Å². The minimum atomic E-state index is -5.74. The normalized spacial score (nSPS) is 12.9. The average Bonchev–Trinajstić information content (AvgIpc) is 2.56. The number of hydrogen-bond donors (Lipinski definition) is 1. The van der Waals surface area contributed by atoms with Crippen LogP contribution in [0.5, 0.6) is 0 Å². The van der Waals surface area contributed by atoms with Gasteiger partial charge in [-0.05, 0) is 75.0 Å². The third kappa shape index (κ3) is 4.65. The molecule has 0 atom stereocenters. The number of nitrogens with two attached hydrogens (primary N) is 1. The second-order valence-corrected chi connectivity index (χ2v) is 8.35. The molecule has 0 aliphatic heterocycles. The van der Waals surface area contributed by atoms with Crippen molar-refractivity contribution in [2.75, 3.05) is 12.8 Å². The molecule has 0 unspecified atom stereocenters. The number of hydrogen-bond acceptors (Lipinski definition) is 3. The monoisotopic (exact) mass is 643 g/mol. The summed E-state index contributed by atoms with van der Waals surface area (Å²) in [5, 5.41) is 0. The molecule has 0 bridgehead atoms. The zero-order valence-electron chi connectivity index (χ0n) is 14.6. The van der Waals surface area contributed by atoms with Crippen molar-refractivity contribution in [3.63, 3.8) is 0 Å². The molecule has 2 aromatic carbocycles. The van der Waals surface area contributed by atoms with Gasteiger partial charge in [-0.25, -0.2) is 0 Å². The Balaban J connectivity index is 2.54. The summed E-state index contributed by atoms with van der Waals surface area (Å²) < 4.78 is 85.0. The summed E-state index contributed by atoms with van der Waals surface area (Å²) in [4.78, 5) is 12.5. The van der Waals surface area contributed by atoms with E-state index in [4.69, 9.17) is 5.73 Å². The summed E-state index contributed by atoms with van der Waals surface area (Å²) in [6.45, 7) is 0. The molecular weight excluding hydrogens is 630 g/mol. The van der Waals surface area contributed by atoms with Gasteiger partial charge in [-0.2, -0.15) is 26.3 Å². The highest BCUT2D eigenvalue weighted by Gasteiger charge is 2.73. The molecule has 0 amide bonds. The van der Waals surface area contributed by atoms with E-state index in [0.717, 1.165) is 12.1 Å². The number of carbonyl (C=O) groups excluding carboxylic acids is 1. The molecule has 29 heavy (non-hydrogen) atoms. The van der Waals surface area contributed by atoms with E-state index in [1.54, 1.807) is 57.3 Å². The van der Waals surface area contributed by atoms with Gasteiger partial charge >= 0.3 is 12.4 Å². The molecule has 2 rings (SSSR count). The maximum atomic E-state index is 13.5. The third-order valence-electron chi connectivity index (χ3n) is 4.20. The average molecular weight is 643 g/mol. The van der Waals surface area contributed by atoms with Crippen LogP contribution in [0.2, 0.25) is 0 Å². The first-order valence-electron chi connectivity index (χ1n) is 7.80. The first kappa shape index (κ1) is 24.2. The first-order valence-corrected chi connectivity index (χ1v) is 9.96. The molecule has 2 aromatic rings. The van der Waals surface area contributed by atoms with Crippen LogP contribution in [0.25, 0.3) is 0 Å². The Morgan fingerprint density at radius 1 is 1.00 bits per heavy atom. The summed E-state index contributed by atoms with van der Waals surface area (Å²) in [5.41, 5.74) is 1.02. The van der Waals surface area contributed by atoms with Crippen molar-refractivity contribution in [2.45, 2.75) is 24.4 Å². The van der Waals surface area contributed by atoms with E-state index < -0.39 is 23.5 Å². The van der Waals surface area contributed by atoms with Gasteiger partial charge in [0, 0.05) is 37.5 Å². The molecule has 0 radical (unpaired) electrons. The topological polar surface area (TPSA) is 52.3 Å². The van der Waals surface area contributed by atoms with Gasteiger partial charge in [0.05, 0.1) is 0 Å². The van der Waals surface area contributed by atoms with Crippen LogP contribution >= 0.6 is 45.2 Å². The molecule has 0 spiro atoms. The molecule has 0 aromatic heterocycles. The Hall–Kier alpha value is -1.09. The number of anilines is 1. The SMILES string of the molecule is COC(c1cc(I)c(CC(=O)c2cccc(N)c2)c(I)c1)(C(F)(F)F)C(F)(F)F. The van der Waals surface area contributed by atoms with Gasteiger partial charge in [-0.3, -0.25) is 4.79 Å². The molecule has 2 N–H and O–H groups in total. The van der Waals surface area contributed by atoms with Gasteiger partial charge in [-0.1, -0.05) is 12.1 Å². The quantitative estimate of drug-likeness (QED) is 0.192. The van der Waals surface area contributed by atoms with Crippen molar-refractivity contribution in [1.82, 2.24) is 0 Å². The highest BCUT2D eigenvalue weighted by Crippen LogP contribution is 2.53. The lowest BCUT2D eigenvalue weighted by molar-refractivity contribution is -0.383. The lowest BCUT2D eigenvalue weighted by atomic mass is 9.90. The summed E-state index contributed by atoms with van der Waals surface area (Å²) in [6.07, 6.45) is -11.7. The van der Waals surface area contributed by atoms with Crippen LogP contribution < -0.4 is 5.73 Å². The van der Waals surface area contributed by atoms with Crippen LogP contribution in [0.3, 0.4) is 0 Å². The van der Waals surface area contributed by atoms with Crippen molar-refractivity contribution >= 4 is 56.7 Å². The standard InChI is InChI=1S/C18H13F6I2NO2/c1-29-16(17(19,20)21,18(22,23)24)10-6-13(25)12(14(26)7-10)8-15(28)9-3-2-4-11(27)5-9/h2-7H,8,27H2,1H3. The van der Waals surface area contributed by atoms with Crippen molar-refractivity contribution in [1.29, 1.82) is 0 Å². The first-order chi connectivity index (χ1) is 13.2. The van der Waals surface area contributed by atoms with E-state index in [1.165, 1.54) is 12.1 Å². The number of methoxy groups -OCH3 is 1. The molecule has 0 saturated heterocycles. The molecule has 3 nitrogen and oxygen atoms in total. The molecule has 0 aliphatic rings. The summed E-state index contributed by atoms with van der Waals surface area (Å²) in [5.74, 6) is -0.370. The lowest BCUT2D eigenvalue weighted by Gasteiger charge is -2.36. The minimum absolute atomic E-state index is 0.0803. The predicted molar refractivity (Wildman–Crippen MR) is 112 cm³/mol. The Morgan fingerprint density at radius 2 is 1.52 bits per heavy atom. The Morgan fingerprint density at radius 3 is 1.93 bits per heavy atom. The smallest absolute Gasteiger partial charge is 0.399 e. The van der Waals surface area contributed by atoms with E-state index in [2.05, 4.69) is 4.74 Å². The van der Waals surface area contributed by atoms with Crippen LogP contribution in [0, 0.1) is 7.14 Å². The van der Waals surface area contributed by atoms with Crippen LogP contribution in [0.15, 0.2) is 36.4 Å². The molecule has 0 heterocycles. The van der Waals surface area contributed by atoms with Gasteiger partial charge in [-0.15, -0.1) is 0 Å². The summed E-state index contributed by atoms with van der Waals surface area (Å²) in [7, 11) is 0.359. The second kappa shape index (κ2) is 8.57. The number of carbonyl (C=O) groups is 1. The number of rotatable bonds is 5. The van der Waals surface area contributed by atoms with Gasteiger partial charge < -0.3 is 10.5 Å². The number of Topliss-reactive ketones (excluding diaryl/α,β-unsaturated/α-hetero) is 1. The van der Waals surface area contributed by atoms with Gasteiger partial charge in [0.2, 0.25) is 0 Å². The Bertz CT molecular complexity index is 890. The van der Waals surface area contributed by atoms with E-state index in [1.807, 2.05) is 0 Å². The number of benzene rings is 2. The number of nitrogen functional groups attached to an aromatic ring is 1. The third-order valence-corrected chi connectivity index (χ3v) is 6.12. The van der Waals surface area contributed by atoms with Crippen molar-refractivity contribution in [3.05, 3.63) is 60.2 Å². The van der Waals surface area contributed by atoms with Crippen LogP contribution in [0.1, 0.15) is 21.5 Å². The second-order valence-electron chi connectivity index (χ2n) is 6.02. The highest BCUT2D eigenvalue weighted by atomic mass is 127. The summed E-state index contributed by atoms with van der Waals surface area (Å²) >= 11 is 3.22. The van der Waals surface area contributed by atoms with Crippen LogP contribution in [0.4, 0.5) is 32.0 Å². The fourth-order valence-electron chi connectivity index (χ4n) is 2.79. The number of halogens is 8. The van der Waals surface area contributed by atoms with E-state index in [-0.39, 0.29) is 24.9 Å². The minimum Gasteiger partial charge on any atom is -0.399 e. The van der Waals surface area contributed by atoms with E-state index >= 15 is 0 Å². The Labute approximate surface area is 189 Å². The molecular formula is C18H13F6I2NO2. The Kier molecular flexibility index (Phi) is 7.15. The van der Waals surface area contributed by atoms with Crippen molar-refractivity contribution in [3.8, 4) is 0 Å². The largest absolute Gasteiger partial charge is 0.430 e.